The third-order valence-corrected chi connectivity index (χ3v) is 5.29. The summed E-state index contributed by atoms with van der Waals surface area (Å²) in [6.45, 7) is 3.90. The van der Waals surface area contributed by atoms with Crippen LogP contribution in [0.2, 0.25) is 0 Å². The minimum Gasteiger partial charge on any atom is -0.339 e. The van der Waals surface area contributed by atoms with Crippen LogP contribution < -0.4 is 10.6 Å². The fraction of sp³-hybridized carbons (Fsp3) is 0.409. The Morgan fingerprint density at radius 3 is 2.41 bits per heavy atom. The molecule has 1 aliphatic heterocycles. The molecule has 2 aromatic rings. The van der Waals surface area contributed by atoms with Crippen LogP contribution in [0.5, 0.6) is 0 Å². The van der Waals surface area contributed by atoms with Crippen LogP contribution in [0, 0.1) is 0 Å². The van der Waals surface area contributed by atoms with Gasteiger partial charge in [0, 0.05) is 38.4 Å². The molecule has 0 radical (unpaired) electrons. The molecule has 2 amide bonds. The van der Waals surface area contributed by atoms with E-state index in [1.807, 2.05) is 30.0 Å². The maximum atomic E-state index is 13.1. The van der Waals surface area contributed by atoms with Crippen LogP contribution in [-0.4, -0.2) is 65.9 Å². The number of anilines is 1. The maximum Gasteiger partial charge on any atom is 0.418 e. The van der Waals surface area contributed by atoms with Gasteiger partial charge < -0.3 is 15.5 Å². The number of para-hydroxylation sites is 1. The predicted octanol–water partition coefficient (Wildman–Crippen LogP) is 2.53. The van der Waals surface area contributed by atoms with Crippen molar-refractivity contribution in [1.29, 1.82) is 0 Å². The summed E-state index contributed by atoms with van der Waals surface area (Å²) in [5, 5.41) is 5.51. The molecule has 1 atom stereocenters. The molecule has 0 spiro atoms. The second-order valence-electron chi connectivity index (χ2n) is 7.61. The molecule has 1 aromatic carbocycles. The van der Waals surface area contributed by atoms with Gasteiger partial charge in [-0.05, 0) is 31.2 Å². The number of piperazine rings is 1. The van der Waals surface area contributed by atoms with Gasteiger partial charge >= 0.3 is 6.18 Å². The number of nitrogens with one attached hydrogen (secondary N) is 2. The largest absolute Gasteiger partial charge is 0.418 e. The van der Waals surface area contributed by atoms with Crippen LogP contribution in [0.25, 0.3) is 0 Å². The van der Waals surface area contributed by atoms with E-state index in [1.165, 1.54) is 18.2 Å². The van der Waals surface area contributed by atoms with Crippen molar-refractivity contribution in [2.45, 2.75) is 19.1 Å². The molecule has 0 aliphatic carbocycles. The first kappa shape index (κ1) is 23.7. The zero-order valence-corrected chi connectivity index (χ0v) is 17.7. The van der Waals surface area contributed by atoms with Crippen molar-refractivity contribution in [2.75, 3.05) is 44.6 Å². The van der Waals surface area contributed by atoms with E-state index in [-0.39, 0.29) is 30.7 Å². The van der Waals surface area contributed by atoms with Crippen molar-refractivity contribution < 1.29 is 22.8 Å². The molecule has 32 heavy (non-hydrogen) atoms. The van der Waals surface area contributed by atoms with Gasteiger partial charge in [-0.25, -0.2) is 0 Å². The molecule has 2 heterocycles. The molecule has 1 unspecified atom stereocenters. The highest BCUT2D eigenvalue weighted by atomic mass is 19.4. The van der Waals surface area contributed by atoms with Crippen LogP contribution >= 0.6 is 0 Å². The number of pyridine rings is 1. The summed E-state index contributed by atoms with van der Waals surface area (Å²) in [5.41, 5.74) is -0.286. The summed E-state index contributed by atoms with van der Waals surface area (Å²) in [5.74, 6) is -0.566. The van der Waals surface area contributed by atoms with Gasteiger partial charge in [-0.15, -0.1) is 0 Å². The highest BCUT2D eigenvalue weighted by Crippen LogP contribution is 2.34. The van der Waals surface area contributed by atoms with Gasteiger partial charge in [0.1, 0.15) is 0 Å². The van der Waals surface area contributed by atoms with Crippen LogP contribution in [0.15, 0.2) is 48.7 Å². The van der Waals surface area contributed by atoms with Crippen molar-refractivity contribution in [1.82, 2.24) is 20.1 Å². The molecular weight excluding hydrogens is 423 g/mol. The van der Waals surface area contributed by atoms with Crippen molar-refractivity contribution >= 4 is 17.5 Å². The summed E-state index contributed by atoms with van der Waals surface area (Å²) in [6, 6.07) is 10.4. The number of halogens is 3. The van der Waals surface area contributed by atoms with Crippen molar-refractivity contribution in [3.63, 3.8) is 0 Å². The number of rotatable bonds is 7. The summed E-state index contributed by atoms with van der Waals surface area (Å²) in [6.07, 6.45) is -2.84. The Bertz CT molecular complexity index is 915. The Balaban J connectivity index is 1.43. The molecule has 2 N–H and O–H groups in total. The number of benzene rings is 1. The average molecular weight is 449 g/mol. The lowest BCUT2D eigenvalue weighted by atomic mass is 10.1. The average Bonchev–Trinajstić information content (AvgIpc) is 2.78. The molecule has 1 fully saturated rings. The van der Waals surface area contributed by atoms with Gasteiger partial charge in [0.25, 0.3) is 0 Å². The number of carbonyl (C=O) groups excluding carboxylic acids is 2. The third-order valence-electron chi connectivity index (χ3n) is 5.29. The summed E-state index contributed by atoms with van der Waals surface area (Å²) >= 11 is 0. The predicted molar refractivity (Wildman–Crippen MR) is 114 cm³/mol. The molecule has 10 heteroatoms. The maximum absolute atomic E-state index is 13.1. The highest BCUT2D eigenvalue weighted by Gasteiger charge is 2.33. The molecular formula is C22H26F3N5O2. The monoisotopic (exact) mass is 449 g/mol. The number of hydrogen-bond acceptors (Lipinski definition) is 5. The van der Waals surface area contributed by atoms with Crippen LogP contribution in [0.1, 0.15) is 24.2 Å². The molecule has 1 aromatic heterocycles. The second-order valence-corrected chi connectivity index (χ2v) is 7.61. The summed E-state index contributed by atoms with van der Waals surface area (Å²) in [4.78, 5) is 32.5. The van der Waals surface area contributed by atoms with E-state index in [4.69, 9.17) is 0 Å². The van der Waals surface area contributed by atoms with E-state index in [2.05, 4.69) is 15.6 Å². The molecule has 0 saturated carbocycles. The standard InChI is InChI=1S/C22H26F3N5O2/c1-16(18-7-4-5-9-26-18)27-14-21(32)30-12-10-29(11-13-30)15-20(31)28-19-8-3-2-6-17(19)22(23,24)25/h2-9,16,27H,10-15H2,1H3,(H,28,31). The smallest absolute Gasteiger partial charge is 0.339 e. The number of amides is 2. The lowest BCUT2D eigenvalue weighted by Crippen LogP contribution is -2.52. The van der Waals surface area contributed by atoms with Gasteiger partial charge in [0.05, 0.1) is 30.0 Å². The van der Waals surface area contributed by atoms with E-state index >= 15 is 0 Å². The minimum atomic E-state index is -4.54. The van der Waals surface area contributed by atoms with Crippen LogP contribution in [-0.2, 0) is 15.8 Å². The zero-order valence-electron chi connectivity index (χ0n) is 17.7. The Kier molecular flexibility index (Phi) is 7.81. The molecule has 1 saturated heterocycles. The van der Waals surface area contributed by atoms with E-state index in [0.717, 1.165) is 11.8 Å². The van der Waals surface area contributed by atoms with E-state index < -0.39 is 17.6 Å². The fourth-order valence-corrected chi connectivity index (χ4v) is 3.48. The Morgan fingerprint density at radius 2 is 1.75 bits per heavy atom. The number of aromatic nitrogens is 1. The van der Waals surface area contributed by atoms with Gasteiger partial charge in [-0.2, -0.15) is 13.2 Å². The van der Waals surface area contributed by atoms with Crippen LogP contribution in [0.4, 0.5) is 18.9 Å². The first-order chi connectivity index (χ1) is 15.2. The van der Waals surface area contributed by atoms with Crippen molar-refractivity contribution in [2.24, 2.45) is 0 Å². The Morgan fingerprint density at radius 1 is 1.06 bits per heavy atom. The SMILES string of the molecule is CC(NCC(=O)N1CCN(CC(=O)Nc2ccccc2C(F)(F)F)CC1)c1ccccn1. The normalized spacial score (nSPS) is 15.9. The molecule has 0 bridgehead atoms. The van der Waals surface area contributed by atoms with Gasteiger partial charge in [-0.3, -0.25) is 19.5 Å². The second kappa shape index (κ2) is 10.6. The first-order valence-corrected chi connectivity index (χ1v) is 10.3. The summed E-state index contributed by atoms with van der Waals surface area (Å²) in [7, 11) is 0. The van der Waals surface area contributed by atoms with Gasteiger partial charge in [-0.1, -0.05) is 18.2 Å². The molecule has 3 rings (SSSR count). The zero-order chi connectivity index (χ0) is 23.1. The summed E-state index contributed by atoms with van der Waals surface area (Å²) < 4.78 is 39.2. The van der Waals surface area contributed by atoms with E-state index in [9.17, 15) is 22.8 Å². The topological polar surface area (TPSA) is 77.6 Å². The van der Waals surface area contributed by atoms with Crippen LogP contribution in [0.3, 0.4) is 0 Å². The number of carbonyl (C=O) groups is 2. The van der Waals surface area contributed by atoms with E-state index in [0.29, 0.717) is 26.2 Å². The van der Waals surface area contributed by atoms with Crippen molar-refractivity contribution in [3.05, 3.63) is 59.9 Å². The number of hydrogen-bond donors (Lipinski definition) is 2. The lowest BCUT2D eigenvalue weighted by Gasteiger charge is -2.34. The number of nitrogens with zero attached hydrogens (tertiary/aromatic N) is 3. The molecule has 1 aliphatic rings. The first-order valence-electron chi connectivity index (χ1n) is 10.3. The lowest BCUT2D eigenvalue weighted by molar-refractivity contribution is -0.137. The van der Waals surface area contributed by atoms with Crippen molar-refractivity contribution in [3.8, 4) is 0 Å². The quantitative estimate of drug-likeness (QED) is 0.680. The Hall–Kier alpha value is -2.98. The number of alkyl halides is 3. The van der Waals surface area contributed by atoms with Gasteiger partial charge in [0.2, 0.25) is 11.8 Å². The fourth-order valence-electron chi connectivity index (χ4n) is 3.48. The highest BCUT2D eigenvalue weighted by molar-refractivity contribution is 5.93. The van der Waals surface area contributed by atoms with Gasteiger partial charge in [0.15, 0.2) is 0 Å². The molecule has 7 nitrogen and oxygen atoms in total. The minimum absolute atomic E-state index is 0.0385. The van der Waals surface area contributed by atoms with E-state index in [1.54, 1.807) is 11.1 Å². The molecule has 172 valence electrons. The third kappa shape index (κ3) is 6.51. The Labute approximate surface area is 184 Å².